The van der Waals surface area contributed by atoms with E-state index < -0.39 is 0 Å². The van der Waals surface area contributed by atoms with E-state index in [1.807, 2.05) is 0 Å². The molecule has 1 aliphatic heterocycles. The standard InChI is InChI=1S/C15H24BrN3/c1-15(2)11-19(9-8-18(15)3)14-10-13(16)5-4-12(14)6-7-17/h4-5,10H,6-9,11,17H2,1-3H3. The number of piperazine rings is 1. The summed E-state index contributed by atoms with van der Waals surface area (Å²) in [6, 6.07) is 6.53. The third kappa shape index (κ3) is 3.30. The molecule has 0 unspecified atom stereocenters. The van der Waals surface area contributed by atoms with Gasteiger partial charge in [0, 0.05) is 35.3 Å². The van der Waals surface area contributed by atoms with Crippen molar-refractivity contribution in [2.75, 3.05) is 38.1 Å². The van der Waals surface area contributed by atoms with Gasteiger partial charge in [0.15, 0.2) is 0 Å². The van der Waals surface area contributed by atoms with E-state index in [0.717, 1.165) is 30.5 Å². The Morgan fingerprint density at radius 1 is 1.32 bits per heavy atom. The molecule has 4 heteroatoms. The van der Waals surface area contributed by atoms with Crippen molar-refractivity contribution in [2.24, 2.45) is 5.73 Å². The van der Waals surface area contributed by atoms with Gasteiger partial charge in [-0.3, -0.25) is 4.90 Å². The van der Waals surface area contributed by atoms with Crippen LogP contribution >= 0.6 is 15.9 Å². The second kappa shape index (κ2) is 5.81. The van der Waals surface area contributed by atoms with Crippen LogP contribution in [0.3, 0.4) is 0 Å². The van der Waals surface area contributed by atoms with Crippen molar-refractivity contribution in [3.05, 3.63) is 28.2 Å². The lowest BCUT2D eigenvalue weighted by atomic mass is 9.98. The predicted molar refractivity (Wildman–Crippen MR) is 85.8 cm³/mol. The molecule has 1 heterocycles. The van der Waals surface area contributed by atoms with Crippen LogP contribution in [0.1, 0.15) is 19.4 Å². The highest BCUT2D eigenvalue weighted by atomic mass is 79.9. The van der Waals surface area contributed by atoms with Crippen molar-refractivity contribution < 1.29 is 0 Å². The first-order valence-electron chi connectivity index (χ1n) is 6.89. The lowest BCUT2D eigenvalue weighted by Gasteiger charge is -2.46. The smallest absolute Gasteiger partial charge is 0.0411 e. The first-order chi connectivity index (χ1) is 8.94. The minimum Gasteiger partial charge on any atom is -0.368 e. The maximum absolute atomic E-state index is 5.73. The normalized spacial score (nSPS) is 19.7. The molecule has 0 bridgehead atoms. The van der Waals surface area contributed by atoms with Crippen molar-refractivity contribution in [3.63, 3.8) is 0 Å². The number of likely N-dealkylation sites (N-methyl/N-ethyl adjacent to an activating group) is 1. The second-order valence-electron chi connectivity index (χ2n) is 5.97. The minimum atomic E-state index is 0.209. The quantitative estimate of drug-likeness (QED) is 0.926. The molecule has 0 radical (unpaired) electrons. The zero-order valence-corrected chi connectivity index (χ0v) is 13.7. The van der Waals surface area contributed by atoms with Gasteiger partial charge in [0.25, 0.3) is 0 Å². The predicted octanol–water partition coefficient (Wildman–Crippen LogP) is 2.48. The van der Waals surface area contributed by atoms with Gasteiger partial charge < -0.3 is 10.6 Å². The number of hydrogen-bond donors (Lipinski definition) is 1. The van der Waals surface area contributed by atoms with Crippen molar-refractivity contribution in [3.8, 4) is 0 Å². The number of rotatable bonds is 3. The van der Waals surface area contributed by atoms with E-state index in [2.05, 4.69) is 64.8 Å². The van der Waals surface area contributed by atoms with Crippen LogP contribution in [0, 0.1) is 0 Å². The number of nitrogens with zero attached hydrogens (tertiary/aromatic N) is 2. The number of anilines is 1. The van der Waals surface area contributed by atoms with Crippen LogP contribution in [-0.4, -0.2) is 43.7 Å². The Morgan fingerprint density at radius 3 is 2.68 bits per heavy atom. The highest BCUT2D eigenvalue weighted by Gasteiger charge is 2.31. The molecule has 1 aromatic carbocycles. The van der Waals surface area contributed by atoms with Crippen molar-refractivity contribution in [1.82, 2.24) is 4.90 Å². The van der Waals surface area contributed by atoms with E-state index >= 15 is 0 Å². The Hall–Kier alpha value is -0.580. The molecule has 1 saturated heterocycles. The van der Waals surface area contributed by atoms with Crippen LogP contribution in [0.5, 0.6) is 0 Å². The van der Waals surface area contributed by atoms with Crippen LogP contribution < -0.4 is 10.6 Å². The maximum Gasteiger partial charge on any atom is 0.0411 e. The molecule has 0 amide bonds. The molecule has 106 valence electrons. The lowest BCUT2D eigenvalue weighted by Crippen LogP contribution is -2.57. The Labute approximate surface area is 124 Å². The zero-order chi connectivity index (χ0) is 14.0. The monoisotopic (exact) mass is 325 g/mol. The topological polar surface area (TPSA) is 32.5 Å². The van der Waals surface area contributed by atoms with Crippen LogP contribution in [0.2, 0.25) is 0 Å². The first-order valence-corrected chi connectivity index (χ1v) is 7.68. The fraction of sp³-hybridized carbons (Fsp3) is 0.600. The molecule has 2 rings (SSSR count). The van der Waals surface area contributed by atoms with E-state index in [1.54, 1.807) is 0 Å². The van der Waals surface area contributed by atoms with Crippen molar-refractivity contribution >= 4 is 21.6 Å². The SMILES string of the molecule is CN1CCN(c2cc(Br)ccc2CCN)CC1(C)C. The van der Waals surface area contributed by atoms with Gasteiger partial charge in [-0.1, -0.05) is 22.0 Å². The number of hydrogen-bond acceptors (Lipinski definition) is 3. The highest BCUT2D eigenvalue weighted by Crippen LogP contribution is 2.30. The van der Waals surface area contributed by atoms with E-state index in [9.17, 15) is 0 Å². The van der Waals surface area contributed by atoms with Gasteiger partial charge in [-0.25, -0.2) is 0 Å². The van der Waals surface area contributed by atoms with Crippen LogP contribution in [0.15, 0.2) is 22.7 Å². The summed E-state index contributed by atoms with van der Waals surface area (Å²) in [5, 5.41) is 0. The van der Waals surface area contributed by atoms with Crippen LogP contribution in [0.4, 0.5) is 5.69 Å². The molecular formula is C15H24BrN3. The van der Waals surface area contributed by atoms with Gasteiger partial charge in [-0.15, -0.1) is 0 Å². The lowest BCUT2D eigenvalue weighted by molar-refractivity contribution is 0.139. The molecule has 0 saturated carbocycles. The molecule has 19 heavy (non-hydrogen) atoms. The van der Waals surface area contributed by atoms with Gasteiger partial charge >= 0.3 is 0 Å². The largest absolute Gasteiger partial charge is 0.368 e. The van der Waals surface area contributed by atoms with Crippen LogP contribution in [-0.2, 0) is 6.42 Å². The summed E-state index contributed by atoms with van der Waals surface area (Å²) in [6.07, 6.45) is 0.940. The molecular weight excluding hydrogens is 302 g/mol. The fourth-order valence-electron chi connectivity index (χ4n) is 2.64. The molecule has 1 aliphatic rings. The molecule has 0 aromatic heterocycles. The Bertz CT molecular complexity index is 445. The summed E-state index contributed by atoms with van der Waals surface area (Å²) < 4.78 is 1.14. The second-order valence-corrected chi connectivity index (χ2v) is 6.88. The Morgan fingerprint density at radius 2 is 2.05 bits per heavy atom. The molecule has 0 aliphatic carbocycles. The van der Waals surface area contributed by atoms with Gasteiger partial charge in [-0.05, 0) is 51.6 Å². The Kier molecular flexibility index (Phi) is 4.54. The third-order valence-corrected chi connectivity index (χ3v) is 4.61. The minimum absolute atomic E-state index is 0.209. The van der Waals surface area contributed by atoms with Crippen LogP contribution in [0.25, 0.3) is 0 Å². The van der Waals surface area contributed by atoms with Gasteiger partial charge in [0.1, 0.15) is 0 Å². The number of nitrogens with two attached hydrogens (primary N) is 1. The molecule has 1 fully saturated rings. The van der Waals surface area contributed by atoms with Crippen molar-refractivity contribution in [2.45, 2.75) is 25.8 Å². The van der Waals surface area contributed by atoms with Gasteiger partial charge in [0.05, 0.1) is 0 Å². The summed E-state index contributed by atoms with van der Waals surface area (Å²) >= 11 is 3.59. The fourth-order valence-corrected chi connectivity index (χ4v) is 2.99. The maximum atomic E-state index is 5.73. The molecule has 1 aromatic rings. The highest BCUT2D eigenvalue weighted by molar-refractivity contribution is 9.10. The summed E-state index contributed by atoms with van der Waals surface area (Å²) in [6.45, 7) is 8.54. The summed E-state index contributed by atoms with van der Waals surface area (Å²) in [5.74, 6) is 0. The van der Waals surface area contributed by atoms with E-state index in [1.165, 1.54) is 11.3 Å². The zero-order valence-electron chi connectivity index (χ0n) is 12.1. The third-order valence-electron chi connectivity index (χ3n) is 4.12. The molecule has 0 spiro atoms. The molecule has 3 nitrogen and oxygen atoms in total. The van der Waals surface area contributed by atoms with Crippen molar-refractivity contribution in [1.29, 1.82) is 0 Å². The van der Waals surface area contributed by atoms with E-state index in [0.29, 0.717) is 6.54 Å². The first kappa shape index (κ1) is 14.8. The van der Waals surface area contributed by atoms with E-state index in [-0.39, 0.29) is 5.54 Å². The number of halogens is 1. The van der Waals surface area contributed by atoms with E-state index in [4.69, 9.17) is 5.73 Å². The van der Waals surface area contributed by atoms with Gasteiger partial charge in [-0.2, -0.15) is 0 Å². The summed E-state index contributed by atoms with van der Waals surface area (Å²) in [7, 11) is 2.21. The average Bonchev–Trinajstić information content (AvgIpc) is 2.35. The number of benzene rings is 1. The van der Waals surface area contributed by atoms with Gasteiger partial charge in [0.2, 0.25) is 0 Å². The Balaban J connectivity index is 2.28. The molecule has 0 atom stereocenters. The summed E-state index contributed by atoms with van der Waals surface area (Å²) in [5.41, 5.74) is 8.63. The molecule has 2 N–H and O–H groups in total. The average molecular weight is 326 g/mol. The summed E-state index contributed by atoms with van der Waals surface area (Å²) in [4.78, 5) is 4.93.